The van der Waals surface area contributed by atoms with Gasteiger partial charge in [0.05, 0.1) is 25.3 Å². The summed E-state index contributed by atoms with van der Waals surface area (Å²) in [5.74, 6) is 0.999. The Morgan fingerprint density at radius 3 is 2.41 bits per heavy atom. The van der Waals surface area contributed by atoms with E-state index in [9.17, 15) is 9.90 Å². The molecule has 0 aromatic heterocycles. The molecule has 1 N–H and O–H groups in total. The number of hydrogen-bond donors (Lipinski definition) is 1. The minimum atomic E-state index is -0.764. The third-order valence-electron chi connectivity index (χ3n) is 7.16. The average molecular weight is 371 g/mol. The Balaban J connectivity index is 1.29. The van der Waals surface area contributed by atoms with Gasteiger partial charge < -0.3 is 19.6 Å². The van der Waals surface area contributed by atoms with Gasteiger partial charge in [0.25, 0.3) is 0 Å². The van der Waals surface area contributed by atoms with E-state index < -0.39 is 6.09 Å². The van der Waals surface area contributed by atoms with Gasteiger partial charge in [0, 0.05) is 38.4 Å². The van der Waals surface area contributed by atoms with E-state index in [-0.39, 0.29) is 0 Å². The van der Waals surface area contributed by atoms with Crippen molar-refractivity contribution in [3.63, 3.8) is 0 Å². The van der Waals surface area contributed by atoms with Crippen molar-refractivity contribution in [1.82, 2.24) is 9.80 Å². The number of benzene rings is 1. The van der Waals surface area contributed by atoms with Crippen LogP contribution >= 0.6 is 0 Å². The summed E-state index contributed by atoms with van der Waals surface area (Å²) in [6.07, 6.45) is 1.72. The zero-order valence-electron chi connectivity index (χ0n) is 16.0. The molecule has 4 unspecified atom stereocenters. The maximum Gasteiger partial charge on any atom is 0.407 e. The number of rotatable bonds is 3. The van der Waals surface area contributed by atoms with E-state index in [0.29, 0.717) is 37.0 Å². The lowest BCUT2D eigenvalue weighted by molar-refractivity contribution is 0.0906. The molecule has 4 atom stereocenters. The number of carboxylic acid groups (broad SMARTS) is 1. The molecule has 5 rings (SSSR count). The molecule has 1 aromatic carbocycles. The second-order valence-electron chi connectivity index (χ2n) is 8.79. The Kier molecular flexibility index (Phi) is 4.28. The highest BCUT2D eigenvalue weighted by molar-refractivity contribution is 5.65. The van der Waals surface area contributed by atoms with Crippen LogP contribution in [0.2, 0.25) is 0 Å². The molecule has 0 radical (unpaired) electrons. The Hall–Kier alpha value is -1.79. The average Bonchev–Trinajstić information content (AvgIpc) is 3.26. The highest BCUT2D eigenvalue weighted by Crippen LogP contribution is 2.37. The van der Waals surface area contributed by atoms with Crippen LogP contribution in [0.25, 0.3) is 0 Å². The summed E-state index contributed by atoms with van der Waals surface area (Å²) in [5, 5.41) is 9.21. The van der Waals surface area contributed by atoms with Crippen LogP contribution in [0, 0.1) is 18.8 Å². The summed E-state index contributed by atoms with van der Waals surface area (Å²) in [7, 11) is 0. The second-order valence-corrected chi connectivity index (χ2v) is 8.79. The van der Waals surface area contributed by atoms with Gasteiger partial charge in [-0.2, -0.15) is 0 Å². The highest BCUT2D eigenvalue weighted by Gasteiger charge is 2.42. The molecule has 1 aromatic rings. The number of ether oxygens (including phenoxy) is 1. The van der Waals surface area contributed by atoms with E-state index in [1.165, 1.54) is 29.7 Å². The molecule has 4 aliphatic rings. The third kappa shape index (κ3) is 2.99. The summed E-state index contributed by atoms with van der Waals surface area (Å²) in [6, 6.07) is 7.81. The molecule has 0 spiro atoms. The van der Waals surface area contributed by atoms with Crippen molar-refractivity contribution < 1.29 is 14.6 Å². The fourth-order valence-electron chi connectivity index (χ4n) is 5.76. The first-order chi connectivity index (χ1) is 13.1. The molecule has 0 aliphatic carbocycles. The molecule has 6 nitrogen and oxygen atoms in total. The minimum Gasteiger partial charge on any atom is -0.465 e. The highest BCUT2D eigenvalue weighted by atomic mass is 16.5. The van der Waals surface area contributed by atoms with Crippen molar-refractivity contribution in [1.29, 1.82) is 0 Å². The molecular formula is C21H29N3O3. The van der Waals surface area contributed by atoms with E-state index in [2.05, 4.69) is 34.9 Å². The smallest absolute Gasteiger partial charge is 0.407 e. The molecule has 1 amide bonds. The largest absolute Gasteiger partial charge is 0.465 e. The molecule has 4 heterocycles. The zero-order valence-corrected chi connectivity index (χ0v) is 16.0. The standard InChI is InChI=1S/C21H29N3O3/c1-14-15(7-22-8-16-10-23(21(25)26)11-17(16)9-22)3-2-4-20(14)24-18-5-6-19(24)13-27-12-18/h2-4,16-19H,5-13H2,1H3,(H,25,26). The van der Waals surface area contributed by atoms with Crippen molar-refractivity contribution in [2.24, 2.45) is 11.8 Å². The summed E-state index contributed by atoms with van der Waals surface area (Å²) in [5.41, 5.74) is 4.20. The van der Waals surface area contributed by atoms with Crippen LogP contribution in [-0.4, -0.2) is 72.5 Å². The van der Waals surface area contributed by atoms with Gasteiger partial charge in [-0.1, -0.05) is 12.1 Å². The summed E-state index contributed by atoms with van der Waals surface area (Å²) in [4.78, 5) is 17.9. The Morgan fingerprint density at radius 2 is 1.78 bits per heavy atom. The van der Waals surface area contributed by atoms with E-state index in [4.69, 9.17) is 4.74 Å². The third-order valence-corrected chi connectivity index (χ3v) is 7.16. The predicted molar refractivity (Wildman–Crippen MR) is 103 cm³/mol. The van der Waals surface area contributed by atoms with Gasteiger partial charge in [-0.3, -0.25) is 4.90 Å². The Morgan fingerprint density at radius 1 is 1.11 bits per heavy atom. The monoisotopic (exact) mass is 371 g/mol. The van der Waals surface area contributed by atoms with Crippen LogP contribution in [0.4, 0.5) is 10.5 Å². The molecule has 27 heavy (non-hydrogen) atoms. The van der Waals surface area contributed by atoms with Gasteiger partial charge in [0.2, 0.25) is 0 Å². The molecule has 4 saturated heterocycles. The summed E-state index contributed by atoms with van der Waals surface area (Å²) in [6.45, 7) is 8.38. The second kappa shape index (κ2) is 6.67. The number of fused-ring (bicyclic) bond motifs is 3. The van der Waals surface area contributed by atoms with Crippen LogP contribution in [-0.2, 0) is 11.3 Å². The first-order valence-corrected chi connectivity index (χ1v) is 10.2. The fraction of sp³-hybridized carbons (Fsp3) is 0.667. The van der Waals surface area contributed by atoms with Gasteiger partial charge in [-0.05, 0) is 48.8 Å². The molecule has 2 bridgehead atoms. The van der Waals surface area contributed by atoms with Gasteiger partial charge >= 0.3 is 6.09 Å². The predicted octanol–water partition coefficient (Wildman–Crippen LogP) is 2.40. The van der Waals surface area contributed by atoms with E-state index in [1.54, 1.807) is 4.90 Å². The lowest BCUT2D eigenvalue weighted by Crippen LogP contribution is -2.46. The van der Waals surface area contributed by atoms with Gasteiger partial charge in [0.1, 0.15) is 0 Å². The van der Waals surface area contributed by atoms with E-state index in [1.807, 2.05) is 0 Å². The molecule has 4 fully saturated rings. The normalized spacial score (nSPS) is 32.9. The molecule has 0 saturated carbocycles. The maximum absolute atomic E-state index is 11.2. The number of carbonyl (C=O) groups is 1. The van der Waals surface area contributed by atoms with Crippen molar-refractivity contribution >= 4 is 11.8 Å². The minimum absolute atomic E-state index is 0.500. The van der Waals surface area contributed by atoms with Crippen LogP contribution in [0.5, 0.6) is 0 Å². The van der Waals surface area contributed by atoms with Crippen molar-refractivity contribution in [3.8, 4) is 0 Å². The number of anilines is 1. The lowest BCUT2D eigenvalue weighted by Gasteiger charge is -2.38. The van der Waals surface area contributed by atoms with Crippen LogP contribution in [0.15, 0.2) is 18.2 Å². The zero-order chi connectivity index (χ0) is 18.5. The van der Waals surface area contributed by atoms with Gasteiger partial charge in [-0.15, -0.1) is 0 Å². The van der Waals surface area contributed by atoms with Crippen LogP contribution < -0.4 is 4.90 Å². The maximum atomic E-state index is 11.2. The van der Waals surface area contributed by atoms with Crippen LogP contribution in [0.1, 0.15) is 24.0 Å². The Labute approximate surface area is 160 Å². The lowest BCUT2D eigenvalue weighted by atomic mass is 10.0. The van der Waals surface area contributed by atoms with E-state index >= 15 is 0 Å². The van der Waals surface area contributed by atoms with Crippen molar-refractivity contribution in [3.05, 3.63) is 29.3 Å². The van der Waals surface area contributed by atoms with E-state index in [0.717, 1.165) is 32.8 Å². The van der Waals surface area contributed by atoms with Crippen molar-refractivity contribution in [2.75, 3.05) is 44.3 Å². The molecule has 146 valence electrons. The van der Waals surface area contributed by atoms with Crippen molar-refractivity contribution in [2.45, 2.75) is 38.4 Å². The first kappa shape index (κ1) is 17.3. The van der Waals surface area contributed by atoms with Crippen LogP contribution in [0.3, 0.4) is 0 Å². The fourth-order valence-corrected chi connectivity index (χ4v) is 5.76. The van der Waals surface area contributed by atoms with Gasteiger partial charge in [-0.25, -0.2) is 4.79 Å². The molecular weight excluding hydrogens is 342 g/mol. The summed E-state index contributed by atoms with van der Waals surface area (Å²) >= 11 is 0. The number of hydrogen-bond acceptors (Lipinski definition) is 4. The number of nitrogens with zero attached hydrogens (tertiary/aromatic N) is 3. The SMILES string of the molecule is Cc1c(CN2CC3CN(C(=O)O)CC3C2)cccc1N1C2CCC1COC2. The number of amides is 1. The number of likely N-dealkylation sites (tertiary alicyclic amines) is 2. The molecule has 4 aliphatic heterocycles. The number of morpholine rings is 1. The summed E-state index contributed by atoms with van der Waals surface area (Å²) < 4.78 is 5.76. The Bertz CT molecular complexity index is 709. The van der Waals surface area contributed by atoms with Gasteiger partial charge in [0.15, 0.2) is 0 Å². The topological polar surface area (TPSA) is 56.2 Å². The first-order valence-electron chi connectivity index (χ1n) is 10.2. The quantitative estimate of drug-likeness (QED) is 0.884. The molecule has 6 heteroatoms.